The number of sulfone groups is 1. The van der Waals surface area contributed by atoms with Crippen molar-refractivity contribution in [3.63, 3.8) is 0 Å². The Morgan fingerprint density at radius 2 is 1.92 bits per heavy atom. The monoisotopic (exact) mass is 183 g/mol. The third-order valence-corrected chi connectivity index (χ3v) is 3.46. The Morgan fingerprint density at radius 3 is 2.42 bits per heavy atom. The van der Waals surface area contributed by atoms with Gasteiger partial charge in [-0.25, -0.2) is 8.42 Å². The van der Waals surface area contributed by atoms with Crippen LogP contribution < -0.4 is 0 Å². The van der Waals surface area contributed by atoms with Crippen LogP contribution in [0.3, 0.4) is 0 Å². The lowest BCUT2D eigenvalue weighted by Crippen LogP contribution is -2.05. The number of benzene rings is 1. The highest BCUT2D eigenvalue weighted by molar-refractivity contribution is 7.91. The van der Waals surface area contributed by atoms with Crippen LogP contribution in [0.4, 0.5) is 0 Å². The maximum absolute atomic E-state index is 11.4. The largest absolute Gasteiger partial charge is 0.224 e. The SMILES string of the molecule is CCCS(=O)(=O)c1cc[c]cc1. The fourth-order valence-electron chi connectivity index (χ4n) is 0.966. The van der Waals surface area contributed by atoms with Gasteiger partial charge in [0.05, 0.1) is 10.6 Å². The number of hydrogen-bond acceptors (Lipinski definition) is 2. The van der Waals surface area contributed by atoms with Gasteiger partial charge in [-0.2, -0.15) is 0 Å². The van der Waals surface area contributed by atoms with Crippen molar-refractivity contribution in [2.45, 2.75) is 18.2 Å². The second-order valence-electron chi connectivity index (χ2n) is 2.55. The molecule has 0 N–H and O–H groups in total. The molecule has 1 aromatic rings. The van der Waals surface area contributed by atoms with Crippen LogP contribution in [0.25, 0.3) is 0 Å². The van der Waals surface area contributed by atoms with Crippen molar-refractivity contribution in [3.05, 3.63) is 30.3 Å². The summed E-state index contributed by atoms with van der Waals surface area (Å²) in [6.07, 6.45) is 0.654. The molecule has 0 saturated carbocycles. The highest BCUT2D eigenvalue weighted by atomic mass is 32.2. The molecule has 0 unspecified atom stereocenters. The number of rotatable bonds is 3. The van der Waals surface area contributed by atoms with Crippen LogP contribution in [0.5, 0.6) is 0 Å². The minimum atomic E-state index is -3.03. The molecule has 0 saturated heterocycles. The summed E-state index contributed by atoms with van der Waals surface area (Å²) in [6.45, 7) is 1.85. The van der Waals surface area contributed by atoms with E-state index in [2.05, 4.69) is 6.07 Å². The number of hydrogen-bond donors (Lipinski definition) is 0. The maximum atomic E-state index is 11.4. The van der Waals surface area contributed by atoms with E-state index in [0.29, 0.717) is 11.3 Å². The van der Waals surface area contributed by atoms with Crippen LogP contribution in [0.1, 0.15) is 13.3 Å². The second kappa shape index (κ2) is 3.72. The molecule has 65 valence electrons. The van der Waals surface area contributed by atoms with Crippen LogP contribution in [0.15, 0.2) is 29.2 Å². The molecule has 0 aliphatic carbocycles. The zero-order valence-corrected chi connectivity index (χ0v) is 7.76. The highest BCUT2D eigenvalue weighted by Crippen LogP contribution is 2.10. The molecule has 0 amide bonds. The van der Waals surface area contributed by atoms with E-state index in [4.69, 9.17) is 0 Å². The molecule has 0 atom stereocenters. The van der Waals surface area contributed by atoms with Gasteiger partial charge in [0, 0.05) is 0 Å². The first-order valence-electron chi connectivity index (χ1n) is 3.85. The van der Waals surface area contributed by atoms with Crippen molar-refractivity contribution in [3.8, 4) is 0 Å². The molecule has 1 radical (unpaired) electrons. The Balaban J connectivity index is 2.99. The van der Waals surface area contributed by atoms with E-state index in [0.717, 1.165) is 0 Å². The lowest BCUT2D eigenvalue weighted by atomic mass is 10.4. The van der Waals surface area contributed by atoms with Crippen LogP contribution in [0.2, 0.25) is 0 Å². The van der Waals surface area contributed by atoms with Crippen LogP contribution >= 0.6 is 0 Å². The summed E-state index contributed by atoms with van der Waals surface area (Å²) in [7, 11) is -3.03. The normalized spacial score (nSPS) is 11.4. The Bertz CT molecular complexity index is 327. The van der Waals surface area contributed by atoms with Crippen molar-refractivity contribution in [2.75, 3.05) is 5.75 Å². The summed E-state index contributed by atoms with van der Waals surface area (Å²) < 4.78 is 22.8. The first-order valence-corrected chi connectivity index (χ1v) is 5.51. The van der Waals surface area contributed by atoms with Gasteiger partial charge in [-0.15, -0.1) is 0 Å². The Hall–Kier alpha value is -0.830. The molecule has 0 bridgehead atoms. The molecule has 0 fully saturated rings. The standard InChI is InChI=1S/C9H11O2S/c1-2-8-12(10,11)9-6-4-3-5-7-9/h4-7H,2,8H2,1H3. The third kappa shape index (κ3) is 2.08. The topological polar surface area (TPSA) is 34.1 Å². The first-order chi connectivity index (χ1) is 5.67. The zero-order valence-electron chi connectivity index (χ0n) is 6.95. The van der Waals surface area contributed by atoms with Crippen LogP contribution in [0, 0.1) is 6.07 Å². The van der Waals surface area contributed by atoms with Gasteiger partial charge in [0.1, 0.15) is 0 Å². The molecule has 3 heteroatoms. The van der Waals surface area contributed by atoms with E-state index < -0.39 is 9.84 Å². The van der Waals surface area contributed by atoms with Gasteiger partial charge in [-0.05, 0) is 24.6 Å². The predicted octanol–water partition coefficient (Wildman–Crippen LogP) is 1.67. The Morgan fingerprint density at radius 1 is 1.33 bits per heavy atom. The maximum Gasteiger partial charge on any atom is 0.178 e. The minimum absolute atomic E-state index is 0.219. The molecule has 0 heterocycles. The zero-order chi connectivity index (χ0) is 9.03. The van der Waals surface area contributed by atoms with Gasteiger partial charge in [0.15, 0.2) is 9.84 Å². The first kappa shape index (κ1) is 9.26. The van der Waals surface area contributed by atoms with Crippen LogP contribution in [-0.4, -0.2) is 14.2 Å². The Kier molecular flexibility index (Phi) is 2.87. The molecule has 2 nitrogen and oxygen atoms in total. The average Bonchev–Trinajstić information content (AvgIpc) is 2.06. The predicted molar refractivity (Wildman–Crippen MR) is 47.6 cm³/mol. The lowest BCUT2D eigenvalue weighted by molar-refractivity contribution is 0.594. The fraction of sp³-hybridized carbons (Fsp3) is 0.333. The molecule has 0 aliphatic heterocycles. The van der Waals surface area contributed by atoms with Gasteiger partial charge in [0.25, 0.3) is 0 Å². The summed E-state index contributed by atoms with van der Waals surface area (Å²) in [4.78, 5) is 0.392. The van der Waals surface area contributed by atoms with E-state index in [1.807, 2.05) is 6.92 Å². The molecule has 1 aromatic carbocycles. The molecule has 0 spiro atoms. The smallest absolute Gasteiger partial charge is 0.178 e. The molecule has 0 aromatic heterocycles. The Labute approximate surface area is 73.2 Å². The van der Waals surface area contributed by atoms with Crippen molar-refractivity contribution < 1.29 is 8.42 Å². The van der Waals surface area contributed by atoms with Crippen molar-refractivity contribution in [1.82, 2.24) is 0 Å². The molecule has 1 rings (SSSR count). The highest BCUT2D eigenvalue weighted by Gasteiger charge is 2.10. The van der Waals surface area contributed by atoms with E-state index in [1.165, 1.54) is 0 Å². The van der Waals surface area contributed by atoms with Gasteiger partial charge in [-0.3, -0.25) is 0 Å². The summed E-state index contributed by atoms with van der Waals surface area (Å²) >= 11 is 0. The van der Waals surface area contributed by atoms with E-state index in [-0.39, 0.29) is 5.75 Å². The lowest BCUT2D eigenvalue weighted by Gasteiger charge is -2.00. The quantitative estimate of drug-likeness (QED) is 0.714. The molecule has 12 heavy (non-hydrogen) atoms. The van der Waals surface area contributed by atoms with Crippen molar-refractivity contribution in [1.29, 1.82) is 0 Å². The minimum Gasteiger partial charge on any atom is -0.224 e. The van der Waals surface area contributed by atoms with Gasteiger partial charge in [0.2, 0.25) is 0 Å². The molecular weight excluding hydrogens is 172 g/mol. The summed E-state index contributed by atoms with van der Waals surface area (Å²) in [6, 6.07) is 9.16. The fourth-order valence-corrected chi connectivity index (χ4v) is 2.29. The molecular formula is C9H11O2S. The van der Waals surface area contributed by atoms with Gasteiger partial charge < -0.3 is 0 Å². The summed E-state index contributed by atoms with van der Waals surface area (Å²) in [5.74, 6) is 0.219. The summed E-state index contributed by atoms with van der Waals surface area (Å²) in [5, 5.41) is 0. The second-order valence-corrected chi connectivity index (χ2v) is 4.66. The summed E-state index contributed by atoms with van der Waals surface area (Å²) in [5.41, 5.74) is 0. The van der Waals surface area contributed by atoms with E-state index in [9.17, 15) is 8.42 Å². The van der Waals surface area contributed by atoms with Gasteiger partial charge >= 0.3 is 0 Å². The van der Waals surface area contributed by atoms with Crippen molar-refractivity contribution in [2.24, 2.45) is 0 Å². The van der Waals surface area contributed by atoms with E-state index >= 15 is 0 Å². The van der Waals surface area contributed by atoms with Crippen LogP contribution in [-0.2, 0) is 9.84 Å². The van der Waals surface area contributed by atoms with Crippen molar-refractivity contribution >= 4 is 9.84 Å². The van der Waals surface area contributed by atoms with Gasteiger partial charge in [-0.1, -0.05) is 19.1 Å². The average molecular weight is 183 g/mol. The molecule has 0 aliphatic rings. The van der Waals surface area contributed by atoms with E-state index in [1.54, 1.807) is 24.3 Å². The third-order valence-electron chi connectivity index (χ3n) is 1.52.